The van der Waals surface area contributed by atoms with Crippen LogP contribution >= 0.6 is 0 Å². The molecular formula is C21H25N5O2. The number of amides is 1. The van der Waals surface area contributed by atoms with E-state index in [4.69, 9.17) is 4.74 Å². The van der Waals surface area contributed by atoms with E-state index in [1.165, 1.54) is 0 Å². The van der Waals surface area contributed by atoms with Gasteiger partial charge in [-0.2, -0.15) is 5.10 Å². The monoisotopic (exact) mass is 379 g/mol. The van der Waals surface area contributed by atoms with E-state index in [-0.39, 0.29) is 11.9 Å². The van der Waals surface area contributed by atoms with Gasteiger partial charge in [-0.3, -0.25) is 19.4 Å². The van der Waals surface area contributed by atoms with Crippen molar-refractivity contribution in [3.63, 3.8) is 0 Å². The Morgan fingerprint density at radius 3 is 2.79 bits per heavy atom. The quantitative estimate of drug-likeness (QED) is 0.710. The zero-order valence-electron chi connectivity index (χ0n) is 16.0. The molecule has 1 saturated heterocycles. The fraction of sp³-hybridized carbons (Fsp3) is 0.381. The van der Waals surface area contributed by atoms with Crippen LogP contribution in [0.4, 0.5) is 0 Å². The molecule has 0 aliphatic carbocycles. The minimum Gasteiger partial charge on any atom is -0.379 e. The summed E-state index contributed by atoms with van der Waals surface area (Å²) in [5.74, 6) is -0.0370. The zero-order valence-corrected chi connectivity index (χ0v) is 16.0. The zero-order chi connectivity index (χ0) is 19.3. The van der Waals surface area contributed by atoms with Crippen LogP contribution in [0, 0.1) is 0 Å². The van der Waals surface area contributed by atoms with Crippen LogP contribution in [0.5, 0.6) is 0 Å². The number of benzene rings is 1. The summed E-state index contributed by atoms with van der Waals surface area (Å²) in [5.41, 5.74) is 2.87. The predicted octanol–water partition coefficient (Wildman–Crippen LogP) is 2.14. The molecule has 1 amide bonds. The minimum absolute atomic E-state index is 0.0370. The molecule has 146 valence electrons. The molecule has 1 unspecified atom stereocenters. The van der Waals surface area contributed by atoms with E-state index >= 15 is 0 Å². The van der Waals surface area contributed by atoms with Crippen molar-refractivity contribution in [3.05, 3.63) is 60.0 Å². The van der Waals surface area contributed by atoms with E-state index < -0.39 is 0 Å². The van der Waals surface area contributed by atoms with Crippen LogP contribution in [-0.2, 0) is 22.6 Å². The second-order valence-corrected chi connectivity index (χ2v) is 6.83. The number of hydrogen-bond acceptors (Lipinski definition) is 5. The second kappa shape index (κ2) is 8.50. The standard InChI is InChI=1S/C21H25N5O2/c1-2-26-19-8-4-3-7-17(19)18(24-26)15-23-21(27)20(16-6-5-9-22-14-16)25-10-12-28-13-11-25/h3-9,14,20H,2,10-13,15H2,1H3,(H,23,27). The number of fused-ring (bicyclic) bond motifs is 1. The third kappa shape index (κ3) is 3.76. The number of carbonyl (C=O) groups is 1. The topological polar surface area (TPSA) is 72.3 Å². The van der Waals surface area contributed by atoms with E-state index in [0.717, 1.165) is 41.8 Å². The highest BCUT2D eigenvalue weighted by Crippen LogP contribution is 2.23. The highest BCUT2D eigenvalue weighted by molar-refractivity contribution is 5.85. The third-order valence-electron chi connectivity index (χ3n) is 5.12. The van der Waals surface area contributed by atoms with Crippen LogP contribution < -0.4 is 5.32 Å². The average molecular weight is 379 g/mol. The van der Waals surface area contributed by atoms with Crippen LogP contribution in [0.15, 0.2) is 48.8 Å². The summed E-state index contributed by atoms with van der Waals surface area (Å²) in [5, 5.41) is 8.86. The Bertz CT molecular complexity index is 934. The van der Waals surface area contributed by atoms with Gasteiger partial charge in [-0.25, -0.2) is 0 Å². The van der Waals surface area contributed by atoms with Crippen molar-refractivity contribution in [1.82, 2.24) is 25.0 Å². The Balaban J connectivity index is 1.55. The summed E-state index contributed by atoms with van der Waals surface area (Å²) in [4.78, 5) is 19.5. The summed E-state index contributed by atoms with van der Waals surface area (Å²) in [6, 6.07) is 11.6. The normalized spacial score (nSPS) is 16.2. The first-order valence-corrected chi connectivity index (χ1v) is 9.71. The van der Waals surface area contributed by atoms with Gasteiger partial charge in [0.1, 0.15) is 6.04 Å². The van der Waals surface area contributed by atoms with Crippen LogP contribution in [0.25, 0.3) is 10.9 Å². The molecule has 1 atom stereocenters. The van der Waals surface area contributed by atoms with Gasteiger partial charge in [-0.15, -0.1) is 0 Å². The van der Waals surface area contributed by atoms with Gasteiger partial charge in [0.15, 0.2) is 0 Å². The van der Waals surface area contributed by atoms with Gasteiger partial charge in [0, 0.05) is 37.4 Å². The lowest BCUT2D eigenvalue weighted by molar-refractivity contribution is -0.128. The molecule has 4 rings (SSSR count). The molecule has 7 nitrogen and oxygen atoms in total. The Hall–Kier alpha value is -2.77. The first-order valence-electron chi connectivity index (χ1n) is 9.71. The van der Waals surface area contributed by atoms with Gasteiger partial charge in [0.05, 0.1) is 31.0 Å². The summed E-state index contributed by atoms with van der Waals surface area (Å²) in [7, 11) is 0. The van der Waals surface area contributed by atoms with E-state index in [0.29, 0.717) is 19.8 Å². The summed E-state index contributed by atoms with van der Waals surface area (Å²) in [6.45, 7) is 5.97. The SMILES string of the molecule is CCn1nc(CNC(=O)C(c2cccnc2)N2CCOCC2)c2ccccc21. The first-order chi connectivity index (χ1) is 13.8. The maximum atomic E-state index is 13.2. The van der Waals surface area contributed by atoms with Crippen LogP contribution in [-0.4, -0.2) is 51.9 Å². The van der Waals surface area contributed by atoms with Gasteiger partial charge in [0.2, 0.25) is 5.91 Å². The lowest BCUT2D eigenvalue weighted by Gasteiger charge is -2.33. The minimum atomic E-state index is -0.378. The lowest BCUT2D eigenvalue weighted by atomic mass is 10.1. The van der Waals surface area contributed by atoms with Crippen molar-refractivity contribution in [3.8, 4) is 0 Å². The molecule has 28 heavy (non-hydrogen) atoms. The van der Waals surface area contributed by atoms with Crippen molar-refractivity contribution in [2.24, 2.45) is 0 Å². The van der Waals surface area contributed by atoms with Gasteiger partial charge >= 0.3 is 0 Å². The number of hydrogen-bond donors (Lipinski definition) is 1. The molecule has 3 aromatic rings. The molecule has 1 aliphatic heterocycles. The number of aryl methyl sites for hydroxylation is 1. The number of carbonyl (C=O) groups excluding carboxylic acids is 1. The molecule has 1 fully saturated rings. The van der Waals surface area contributed by atoms with Crippen molar-refractivity contribution in [2.45, 2.75) is 26.1 Å². The Morgan fingerprint density at radius 1 is 1.21 bits per heavy atom. The highest BCUT2D eigenvalue weighted by atomic mass is 16.5. The number of ether oxygens (including phenoxy) is 1. The molecule has 0 radical (unpaired) electrons. The first kappa shape index (κ1) is 18.6. The number of nitrogens with zero attached hydrogens (tertiary/aromatic N) is 4. The molecule has 0 bridgehead atoms. The van der Waals surface area contributed by atoms with Crippen molar-refractivity contribution in [1.29, 1.82) is 0 Å². The molecule has 0 spiro atoms. The molecular weight excluding hydrogens is 354 g/mol. The molecule has 3 heterocycles. The number of pyridine rings is 1. The average Bonchev–Trinajstić information content (AvgIpc) is 3.12. The fourth-order valence-electron chi connectivity index (χ4n) is 3.74. The molecule has 1 N–H and O–H groups in total. The van der Waals surface area contributed by atoms with Gasteiger partial charge in [-0.1, -0.05) is 24.3 Å². The maximum absolute atomic E-state index is 13.2. The van der Waals surface area contributed by atoms with Gasteiger partial charge in [0.25, 0.3) is 0 Å². The van der Waals surface area contributed by atoms with E-state index in [9.17, 15) is 4.79 Å². The number of aromatic nitrogens is 3. The number of para-hydroxylation sites is 1. The van der Waals surface area contributed by atoms with Crippen molar-refractivity contribution >= 4 is 16.8 Å². The Morgan fingerprint density at radius 2 is 2.04 bits per heavy atom. The second-order valence-electron chi connectivity index (χ2n) is 6.83. The van der Waals surface area contributed by atoms with Crippen molar-refractivity contribution in [2.75, 3.05) is 26.3 Å². The van der Waals surface area contributed by atoms with Crippen LogP contribution in [0.3, 0.4) is 0 Å². The van der Waals surface area contributed by atoms with Gasteiger partial charge in [-0.05, 0) is 24.6 Å². The molecule has 2 aromatic heterocycles. The van der Waals surface area contributed by atoms with E-state index in [1.807, 2.05) is 28.9 Å². The smallest absolute Gasteiger partial charge is 0.242 e. The third-order valence-corrected chi connectivity index (χ3v) is 5.12. The Labute approximate surface area is 164 Å². The highest BCUT2D eigenvalue weighted by Gasteiger charge is 2.29. The molecule has 1 aliphatic rings. The lowest BCUT2D eigenvalue weighted by Crippen LogP contribution is -2.45. The fourth-order valence-corrected chi connectivity index (χ4v) is 3.74. The van der Waals surface area contributed by atoms with E-state index in [2.05, 4.69) is 39.4 Å². The summed E-state index contributed by atoms with van der Waals surface area (Å²) in [6.07, 6.45) is 3.49. The molecule has 7 heteroatoms. The predicted molar refractivity (Wildman–Crippen MR) is 107 cm³/mol. The van der Waals surface area contributed by atoms with Crippen molar-refractivity contribution < 1.29 is 9.53 Å². The largest absolute Gasteiger partial charge is 0.379 e. The summed E-state index contributed by atoms with van der Waals surface area (Å²) < 4.78 is 7.43. The van der Waals surface area contributed by atoms with Crippen LogP contribution in [0.2, 0.25) is 0 Å². The van der Waals surface area contributed by atoms with E-state index in [1.54, 1.807) is 12.4 Å². The number of morpholine rings is 1. The summed E-state index contributed by atoms with van der Waals surface area (Å²) >= 11 is 0. The number of rotatable bonds is 6. The van der Waals surface area contributed by atoms with Gasteiger partial charge < -0.3 is 10.1 Å². The number of nitrogens with one attached hydrogen (secondary N) is 1. The Kier molecular flexibility index (Phi) is 5.64. The molecule has 1 aromatic carbocycles. The molecule has 0 saturated carbocycles. The maximum Gasteiger partial charge on any atom is 0.242 e. The van der Waals surface area contributed by atoms with Crippen LogP contribution in [0.1, 0.15) is 24.2 Å².